The second-order valence-corrected chi connectivity index (χ2v) is 11.5. The van der Waals surface area contributed by atoms with E-state index in [2.05, 4.69) is 157 Å². The Labute approximate surface area is 269 Å². The third-order valence-corrected chi connectivity index (χ3v) is 8.58. The van der Waals surface area contributed by atoms with E-state index < -0.39 is 0 Å². The lowest BCUT2D eigenvalue weighted by molar-refractivity contribution is 1.30. The summed E-state index contributed by atoms with van der Waals surface area (Å²) in [5, 5.41) is 7.18. The zero-order chi connectivity index (χ0) is 30.9. The molecule has 0 aliphatic heterocycles. The number of hydrogen-bond donors (Lipinski definition) is 0. The van der Waals surface area contributed by atoms with Gasteiger partial charge in [-0.2, -0.15) is 0 Å². The molecule has 0 heterocycles. The van der Waals surface area contributed by atoms with E-state index in [1.807, 2.05) is 36.4 Å². The summed E-state index contributed by atoms with van der Waals surface area (Å²) < 4.78 is 0. The summed E-state index contributed by atoms with van der Waals surface area (Å²) in [5.74, 6) is 14.0. The number of hydrogen-bond acceptors (Lipinski definition) is 1. The molecular weight excluding hydrogens is 555 g/mol. The third kappa shape index (κ3) is 4.92. The van der Waals surface area contributed by atoms with Gasteiger partial charge in [0.2, 0.25) is 0 Å². The van der Waals surface area contributed by atoms with E-state index in [0.29, 0.717) is 0 Å². The van der Waals surface area contributed by atoms with Crippen molar-refractivity contribution in [1.82, 2.24) is 0 Å². The van der Waals surface area contributed by atoms with Gasteiger partial charge < -0.3 is 4.90 Å². The minimum atomic E-state index is 0.993. The lowest BCUT2D eigenvalue weighted by Crippen LogP contribution is -2.11. The molecule has 214 valence electrons. The number of anilines is 3. The molecule has 0 unspecified atom stereocenters. The van der Waals surface area contributed by atoms with Crippen LogP contribution in [-0.4, -0.2) is 0 Å². The molecule has 0 radical (unpaired) electrons. The van der Waals surface area contributed by atoms with E-state index in [1.54, 1.807) is 0 Å². The third-order valence-electron chi connectivity index (χ3n) is 8.58. The van der Waals surface area contributed by atoms with Crippen molar-refractivity contribution in [2.45, 2.75) is 6.92 Å². The van der Waals surface area contributed by atoms with Gasteiger partial charge in [0, 0.05) is 44.4 Å². The maximum Gasteiger partial charge on any atom is 0.0553 e. The van der Waals surface area contributed by atoms with E-state index >= 15 is 0 Å². The lowest BCUT2D eigenvalue weighted by atomic mass is 9.87. The Hall–Kier alpha value is -6.28. The molecule has 0 saturated heterocycles. The summed E-state index contributed by atoms with van der Waals surface area (Å²) >= 11 is 0. The average molecular weight is 584 g/mol. The van der Waals surface area contributed by atoms with Gasteiger partial charge in [0.15, 0.2) is 0 Å². The standard InChI is InChI=1S/C45H29N/c1-32-30-35(24-22-33-14-6-2-7-15-33)40-28-29-42-43(46(37-18-10-4-11-19-37)38-20-12-5-13-21-38)31-36(25-23-34-16-8-3-9-17-34)41-27-26-39(32)44(40)45(41)42/h2-21,26-31H,1H3. The molecule has 0 bridgehead atoms. The number of aryl methyl sites for hydroxylation is 1. The molecule has 0 aliphatic carbocycles. The maximum atomic E-state index is 3.58. The summed E-state index contributed by atoms with van der Waals surface area (Å²) in [6, 6.07) is 55.1. The smallest absolute Gasteiger partial charge is 0.0553 e. The van der Waals surface area contributed by atoms with Crippen molar-refractivity contribution in [2.24, 2.45) is 0 Å². The molecule has 0 amide bonds. The number of nitrogens with zero attached hydrogens (tertiary/aromatic N) is 1. The Balaban J connectivity index is 1.47. The van der Waals surface area contributed by atoms with Gasteiger partial charge in [0.05, 0.1) is 5.69 Å². The summed E-state index contributed by atoms with van der Waals surface area (Å²) in [6.45, 7) is 2.19. The summed E-state index contributed by atoms with van der Waals surface area (Å²) in [7, 11) is 0. The average Bonchev–Trinajstić information content (AvgIpc) is 3.12. The van der Waals surface area contributed by atoms with Crippen LogP contribution in [0.3, 0.4) is 0 Å². The van der Waals surface area contributed by atoms with Crippen LogP contribution in [0, 0.1) is 30.6 Å². The van der Waals surface area contributed by atoms with Crippen molar-refractivity contribution in [3.63, 3.8) is 0 Å². The second-order valence-electron chi connectivity index (χ2n) is 11.5. The Morgan fingerprint density at radius 3 is 1.33 bits per heavy atom. The highest BCUT2D eigenvalue weighted by Crippen LogP contribution is 2.46. The fourth-order valence-electron chi connectivity index (χ4n) is 6.45. The first-order chi connectivity index (χ1) is 22.7. The van der Waals surface area contributed by atoms with Gasteiger partial charge in [-0.3, -0.25) is 0 Å². The van der Waals surface area contributed by atoms with Crippen molar-refractivity contribution < 1.29 is 0 Å². The second kappa shape index (κ2) is 11.7. The van der Waals surface area contributed by atoms with Crippen LogP contribution in [0.25, 0.3) is 32.3 Å². The Bertz CT molecular complexity index is 2420. The van der Waals surface area contributed by atoms with Crippen LogP contribution in [0.15, 0.2) is 158 Å². The van der Waals surface area contributed by atoms with E-state index in [4.69, 9.17) is 0 Å². The quantitative estimate of drug-likeness (QED) is 0.148. The first kappa shape index (κ1) is 27.3. The molecule has 0 aliphatic rings. The first-order valence-corrected chi connectivity index (χ1v) is 15.5. The summed E-state index contributed by atoms with van der Waals surface area (Å²) in [5.41, 5.74) is 8.52. The minimum Gasteiger partial charge on any atom is -0.310 e. The van der Waals surface area contributed by atoms with Crippen LogP contribution in [0.5, 0.6) is 0 Å². The zero-order valence-corrected chi connectivity index (χ0v) is 25.5. The predicted molar refractivity (Wildman–Crippen MR) is 194 cm³/mol. The zero-order valence-electron chi connectivity index (χ0n) is 25.5. The van der Waals surface area contributed by atoms with Crippen LogP contribution in [0.1, 0.15) is 27.8 Å². The monoisotopic (exact) mass is 583 g/mol. The highest BCUT2D eigenvalue weighted by Gasteiger charge is 2.21. The molecule has 0 saturated carbocycles. The molecule has 8 aromatic rings. The molecule has 1 nitrogen and oxygen atoms in total. The van der Waals surface area contributed by atoms with Gasteiger partial charge >= 0.3 is 0 Å². The number of para-hydroxylation sites is 2. The highest BCUT2D eigenvalue weighted by atomic mass is 15.1. The van der Waals surface area contributed by atoms with Gasteiger partial charge in [-0.25, -0.2) is 0 Å². The fourth-order valence-corrected chi connectivity index (χ4v) is 6.45. The Morgan fingerprint density at radius 2 is 0.804 bits per heavy atom. The molecule has 0 spiro atoms. The molecule has 0 aromatic heterocycles. The summed E-state index contributed by atoms with van der Waals surface area (Å²) in [6.07, 6.45) is 0. The Kier molecular flexibility index (Phi) is 6.92. The van der Waals surface area contributed by atoms with Crippen molar-refractivity contribution in [3.8, 4) is 23.7 Å². The Morgan fingerprint density at radius 1 is 0.391 bits per heavy atom. The van der Waals surface area contributed by atoms with Crippen LogP contribution in [0.2, 0.25) is 0 Å². The van der Waals surface area contributed by atoms with E-state index in [9.17, 15) is 0 Å². The molecule has 0 atom stereocenters. The first-order valence-electron chi connectivity index (χ1n) is 15.5. The van der Waals surface area contributed by atoms with E-state index in [0.717, 1.165) is 50.1 Å². The number of benzene rings is 8. The molecule has 46 heavy (non-hydrogen) atoms. The molecule has 8 rings (SSSR count). The number of rotatable bonds is 3. The van der Waals surface area contributed by atoms with Gasteiger partial charge in [-0.1, -0.05) is 121 Å². The predicted octanol–water partition coefficient (Wildman–Crippen LogP) is 11.2. The van der Waals surface area contributed by atoms with Gasteiger partial charge in [0.1, 0.15) is 0 Å². The van der Waals surface area contributed by atoms with Gasteiger partial charge in [-0.05, 0) is 94.7 Å². The van der Waals surface area contributed by atoms with Gasteiger partial charge in [0.25, 0.3) is 0 Å². The molecular formula is C45H29N. The van der Waals surface area contributed by atoms with Crippen molar-refractivity contribution >= 4 is 49.4 Å². The molecule has 1 heteroatoms. The highest BCUT2D eigenvalue weighted by molar-refractivity contribution is 6.28. The van der Waals surface area contributed by atoms with Crippen molar-refractivity contribution in [1.29, 1.82) is 0 Å². The van der Waals surface area contributed by atoms with Gasteiger partial charge in [-0.15, -0.1) is 0 Å². The molecule has 8 aromatic carbocycles. The van der Waals surface area contributed by atoms with E-state index in [1.165, 1.54) is 27.1 Å². The summed E-state index contributed by atoms with van der Waals surface area (Å²) in [4.78, 5) is 2.35. The van der Waals surface area contributed by atoms with Crippen LogP contribution >= 0.6 is 0 Å². The lowest BCUT2D eigenvalue weighted by Gasteiger charge is -2.28. The molecule has 0 N–H and O–H groups in total. The van der Waals surface area contributed by atoms with Crippen molar-refractivity contribution in [2.75, 3.05) is 4.90 Å². The van der Waals surface area contributed by atoms with Crippen LogP contribution < -0.4 is 4.90 Å². The topological polar surface area (TPSA) is 3.24 Å². The van der Waals surface area contributed by atoms with Crippen molar-refractivity contribution in [3.05, 3.63) is 186 Å². The SMILES string of the molecule is Cc1cc(C#Cc2ccccc2)c2ccc3c(N(c4ccccc4)c4ccccc4)cc(C#Cc4ccccc4)c4ccc1c2c43. The van der Waals surface area contributed by atoms with Crippen LogP contribution in [-0.2, 0) is 0 Å². The normalized spacial score (nSPS) is 10.8. The van der Waals surface area contributed by atoms with E-state index in [-0.39, 0.29) is 0 Å². The fraction of sp³-hybridized carbons (Fsp3) is 0.0222. The largest absolute Gasteiger partial charge is 0.310 e. The van der Waals surface area contributed by atoms with Crippen LogP contribution in [0.4, 0.5) is 17.1 Å². The maximum absolute atomic E-state index is 3.58. The minimum absolute atomic E-state index is 0.993. The molecule has 0 fully saturated rings.